The molecule has 1 heterocycles. The molecule has 1 aliphatic heterocycles. The van der Waals surface area contributed by atoms with Crippen LogP contribution < -0.4 is 5.32 Å². The molecule has 102 valence electrons. The fourth-order valence-corrected chi connectivity index (χ4v) is 2.35. The van der Waals surface area contributed by atoms with Crippen molar-refractivity contribution in [1.29, 1.82) is 0 Å². The van der Waals surface area contributed by atoms with Crippen molar-refractivity contribution in [2.45, 2.75) is 18.9 Å². The number of likely N-dealkylation sites (tertiary alicyclic amines) is 1. The van der Waals surface area contributed by atoms with Gasteiger partial charge in [0.15, 0.2) is 0 Å². The number of hydrogen-bond acceptors (Lipinski definition) is 3. The molecule has 19 heavy (non-hydrogen) atoms. The zero-order valence-electron chi connectivity index (χ0n) is 10.9. The van der Waals surface area contributed by atoms with E-state index in [4.69, 9.17) is 5.11 Å². The number of rotatable bonds is 3. The minimum atomic E-state index is -1.02. The molecule has 1 aliphatic rings. The van der Waals surface area contributed by atoms with E-state index in [1.807, 2.05) is 7.05 Å². The smallest absolute Gasteiger partial charge is 0.335 e. The Labute approximate surface area is 112 Å². The second kappa shape index (κ2) is 5.84. The summed E-state index contributed by atoms with van der Waals surface area (Å²) in [6, 6.07) is 6.25. The van der Waals surface area contributed by atoms with Crippen LogP contribution in [0.1, 0.15) is 33.6 Å². The van der Waals surface area contributed by atoms with E-state index in [2.05, 4.69) is 10.2 Å². The number of amides is 1. The van der Waals surface area contributed by atoms with Gasteiger partial charge in [-0.05, 0) is 44.6 Å². The number of carboxylic acid groups (broad SMARTS) is 1. The summed E-state index contributed by atoms with van der Waals surface area (Å²) >= 11 is 0. The van der Waals surface area contributed by atoms with Gasteiger partial charge in [-0.2, -0.15) is 0 Å². The van der Waals surface area contributed by atoms with Crippen LogP contribution in [-0.4, -0.2) is 48.1 Å². The maximum atomic E-state index is 12.1. The molecule has 0 aromatic heterocycles. The van der Waals surface area contributed by atoms with Gasteiger partial charge in [-0.3, -0.25) is 4.79 Å². The summed E-state index contributed by atoms with van der Waals surface area (Å²) in [5.74, 6) is -1.23. The van der Waals surface area contributed by atoms with E-state index >= 15 is 0 Å². The number of carbonyl (C=O) groups excluding carboxylic acids is 1. The average molecular weight is 262 g/mol. The van der Waals surface area contributed by atoms with E-state index in [0.29, 0.717) is 5.56 Å². The van der Waals surface area contributed by atoms with Crippen LogP contribution in [0.4, 0.5) is 0 Å². The molecule has 2 N–H and O–H groups in total. The Kier molecular flexibility index (Phi) is 4.16. The first-order valence-electron chi connectivity index (χ1n) is 6.39. The van der Waals surface area contributed by atoms with Gasteiger partial charge >= 0.3 is 5.97 Å². The topological polar surface area (TPSA) is 69.6 Å². The predicted octanol–water partition coefficient (Wildman–Crippen LogP) is 1.21. The third-order valence-corrected chi connectivity index (χ3v) is 3.33. The molecule has 0 radical (unpaired) electrons. The number of aromatic carboxylic acids is 1. The summed E-state index contributed by atoms with van der Waals surface area (Å²) in [4.78, 5) is 25.1. The largest absolute Gasteiger partial charge is 0.478 e. The fourth-order valence-electron chi connectivity index (χ4n) is 2.35. The number of likely N-dealkylation sites (N-methyl/N-ethyl adjacent to an activating group) is 1. The van der Waals surface area contributed by atoms with E-state index in [-0.39, 0.29) is 17.5 Å². The molecule has 5 nitrogen and oxygen atoms in total. The first-order chi connectivity index (χ1) is 9.06. The van der Waals surface area contributed by atoms with Crippen LogP contribution in [0.15, 0.2) is 24.3 Å². The van der Waals surface area contributed by atoms with Crippen LogP contribution in [0.2, 0.25) is 0 Å². The maximum Gasteiger partial charge on any atom is 0.335 e. The quantitative estimate of drug-likeness (QED) is 0.859. The number of hydrogen-bond donors (Lipinski definition) is 2. The van der Waals surface area contributed by atoms with Gasteiger partial charge in [0, 0.05) is 18.2 Å². The molecule has 0 saturated carbocycles. The molecule has 1 fully saturated rings. The number of benzene rings is 1. The maximum absolute atomic E-state index is 12.1. The van der Waals surface area contributed by atoms with Gasteiger partial charge < -0.3 is 15.3 Å². The SMILES string of the molecule is CN1CCCC(NC(=O)c2cccc(C(=O)O)c2)C1. The Morgan fingerprint density at radius 3 is 2.79 bits per heavy atom. The van der Waals surface area contributed by atoms with Gasteiger partial charge in [-0.25, -0.2) is 4.79 Å². The lowest BCUT2D eigenvalue weighted by Gasteiger charge is -2.30. The van der Waals surface area contributed by atoms with Crippen molar-refractivity contribution >= 4 is 11.9 Å². The van der Waals surface area contributed by atoms with Crippen molar-refractivity contribution < 1.29 is 14.7 Å². The highest BCUT2D eigenvalue weighted by atomic mass is 16.4. The van der Waals surface area contributed by atoms with E-state index < -0.39 is 5.97 Å². The lowest BCUT2D eigenvalue weighted by molar-refractivity contribution is 0.0697. The van der Waals surface area contributed by atoms with Gasteiger partial charge in [-0.1, -0.05) is 6.07 Å². The highest BCUT2D eigenvalue weighted by Gasteiger charge is 2.19. The summed E-state index contributed by atoms with van der Waals surface area (Å²) in [5.41, 5.74) is 0.529. The molecule has 2 rings (SSSR count). The first-order valence-corrected chi connectivity index (χ1v) is 6.39. The Morgan fingerprint density at radius 2 is 2.11 bits per heavy atom. The molecular weight excluding hydrogens is 244 g/mol. The standard InChI is InChI=1S/C14H18N2O3/c1-16-7-3-6-12(9-16)15-13(17)10-4-2-5-11(8-10)14(18)19/h2,4-5,8,12H,3,6-7,9H2,1H3,(H,15,17)(H,18,19). The van der Waals surface area contributed by atoms with Crippen LogP contribution in [-0.2, 0) is 0 Å². The van der Waals surface area contributed by atoms with Crippen molar-refractivity contribution in [1.82, 2.24) is 10.2 Å². The summed E-state index contributed by atoms with van der Waals surface area (Å²) in [6.07, 6.45) is 2.03. The predicted molar refractivity (Wildman–Crippen MR) is 71.4 cm³/mol. The number of piperidine rings is 1. The van der Waals surface area contributed by atoms with Crippen molar-refractivity contribution in [2.75, 3.05) is 20.1 Å². The summed E-state index contributed by atoms with van der Waals surface area (Å²) in [5, 5.41) is 11.9. The van der Waals surface area contributed by atoms with Gasteiger partial charge in [0.05, 0.1) is 5.56 Å². The Morgan fingerprint density at radius 1 is 1.37 bits per heavy atom. The Bertz CT molecular complexity index is 487. The van der Waals surface area contributed by atoms with Crippen molar-refractivity contribution in [3.8, 4) is 0 Å². The molecule has 1 aromatic rings. The normalized spacial score (nSPS) is 19.9. The van der Waals surface area contributed by atoms with Crippen LogP contribution in [0, 0.1) is 0 Å². The molecule has 0 spiro atoms. The van der Waals surface area contributed by atoms with Crippen LogP contribution in [0.5, 0.6) is 0 Å². The second-order valence-electron chi connectivity index (χ2n) is 4.96. The third kappa shape index (κ3) is 3.54. The molecule has 1 atom stereocenters. The van der Waals surface area contributed by atoms with Gasteiger partial charge in [-0.15, -0.1) is 0 Å². The van der Waals surface area contributed by atoms with Gasteiger partial charge in [0.1, 0.15) is 0 Å². The van der Waals surface area contributed by atoms with Crippen LogP contribution >= 0.6 is 0 Å². The van der Waals surface area contributed by atoms with Crippen molar-refractivity contribution in [3.63, 3.8) is 0 Å². The molecule has 1 unspecified atom stereocenters. The number of nitrogens with one attached hydrogen (secondary N) is 1. The molecule has 0 aliphatic carbocycles. The summed E-state index contributed by atoms with van der Waals surface area (Å²) < 4.78 is 0. The van der Waals surface area contributed by atoms with E-state index in [1.165, 1.54) is 12.1 Å². The van der Waals surface area contributed by atoms with Crippen molar-refractivity contribution in [2.24, 2.45) is 0 Å². The minimum Gasteiger partial charge on any atom is -0.478 e. The van der Waals surface area contributed by atoms with E-state index in [0.717, 1.165) is 25.9 Å². The molecule has 1 saturated heterocycles. The lowest BCUT2D eigenvalue weighted by Crippen LogP contribution is -2.46. The lowest BCUT2D eigenvalue weighted by atomic mass is 10.1. The van der Waals surface area contributed by atoms with Gasteiger partial charge in [0.2, 0.25) is 0 Å². The number of nitrogens with zero attached hydrogens (tertiary/aromatic N) is 1. The monoisotopic (exact) mass is 262 g/mol. The van der Waals surface area contributed by atoms with Crippen LogP contribution in [0.3, 0.4) is 0 Å². The van der Waals surface area contributed by atoms with E-state index in [1.54, 1.807) is 12.1 Å². The van der Waals surface area contributed by atoms with E-state index in [9.17, 15) is 9.59 Å². The van der Waals surface area contributed by atoms with Crippen LogP contribution in [0.25, 0.3) is 0 Å². The first kappa shape index (κ1) is 13.5. The molecule has 1 amide bonds. The zero-order valence-corrected chi connectivity index (χ0v) is 10.9. The van der Waals surface area contributed by atoms with Gasteiger partial charge in [0.25, 0.3) is 5.91 Å². The summed E-state index contributed by atoms with van der Waals surface area (Å²) in [7, 11) is 2.03. The molecule has 5 heteroatoms. The highest BCUT2D eigenvalue weighted by molar-refractivity contribution is 5.97. The van der Waals surface area contributed by atoms with Crippen molar-refractivity contribution in [3.05, 3.63) is 35.4 Å². The molecular formula is C14H18N2O3. The minimum absolute atomic E-state index is 0.133. The molecule has 1 aromatic carbocycles. The Hall–Kier alpha value is -1.88. The number of carboxylic acids is 1. The number of carbonyl (C=O) groups is 2. The molecule has 0 bridgehead atoms. The third-order valence-electron chi connectivity index (χ3n) is 3.33. The second-order valence-corrected chi connectivity index (χ2v) is 4.96. The fraction of sp³-hybridized carbons (Fsp3) is 0.429. The Balaban J connectivity index is 2.03. The zero-order chi connectivity index (χ0) is 13.8. The summed E-state index contributed by atoms with van der Waals surface area (Å²) in [6.45, 7) is 1.89. The highest BCUT2D eigenvalue weighted by Crippen LogP contribution is 2.10. The average Bonchev–Trinajstić information content (AvgIpc) is 2.39.